The van der Waals surface area contributed by atoms with E-state index in [9.17, 15) is 19.0 Å². The summed E-state index contributed by atoms with van der Waals surface area (Å²) < 4.78 is 30.1. The van der Waals surface area contributed by atoms with Crippen LogP contribution in [0.1, 0.15) is 226 Å². The molecule has 3 unspecified atom stereocenters. The van der Waals surface area contributed by atoms with Gasteiger partial charge in [0.15, 0.2) is 0 Å². The predicted molar refractivity (Wildman–Crippen MR) is 302 cm³/mol. The molecule has 0 fully saturated rings. The van der Waals surface area contributed by atoms with E-state index in [1.165, 1.54) is 83.5 Å². The van der Waals surface area contributed by atoms with E-state index in [4.69, 9.17) is 13.8 Å². The number of ether oxygens (including phenoxy) is 1. The number of quaternary nitrogens is 1. The van der Waals surface area contributed by atoms with Crippen LogP contribution in [-0.2, 0) is 27.9 Å². The van der Waals surface area contributed by atoms with Crippen LogP contribution in [0.2, 0.25) is 0 Å². The van der Waals surface area contributed by atoms with Crippen LogP contribution < -0.4 is 10.2 Å². The summed E-state index contributed by atoms with van der Waals surface area (Å²) in [7, 11) is 1.14. The van der Waals surface area contributed by atoms with Gasteiger partial charge in [-0.2, -0.15) is 0 Å². The number of phosphoric ester groups is 1. The van der Waals surface area contributed by atoms with Crippen molar-refractivity contribution < 1.29 is 37.3 Å². The zero-order valence-corrected chi connectivity index (χ0v) is 47.3. The number of hydrogen-bond donors (Lipinski definition) is 1. The average Bonchev–Trinajstić information content (AvgIpc) is 3.33. The van der Waals surface area contributed by atoms with E-state index in [0.717, 1.165) is 96.3 Å². The highest BCUT2D eigenvalue weighted by Crippen LogP contribution is 2.38. The van der Waals surface area contributed by atoms with Crippen LogP contribution in [0.4, 0.5) is 0 Å². The van der Waals surface area contributed by atoms with Gasteiger partial charge in [-0.25, -0.2) is 0 Å². The van der Waals surface area contributed by atoms with E-state index in [1.807, 2.05) is 27.2 Å². The first-order valence-corrected chi connectivity index (χ1v) is 30.0. The highest BCUT2D eigenvalue weighted by atomic mass is 31.2. The molecule has 0 radical (unpaired) electrons. The number of hydrogen-bond acceptors (Lipinski definition) is 7. The minimum absolute atomic E-state index is 0.0365. The second-order valence-corrected chi connectivity index (χ2v) is 21.5. The molecule has 0 rings (SSSR count). The van der Waals surface area contributed by atoms with Crippen molar-refractivity contribution in [1.82, 2.24) is 5.32 Å². The SMILES string of the molecule is CC/C=C\C/C=C\C/C=C\C/C=C\C/C=C\C/C=C\CCCCC(=O)OC(/C=C\CCCCCCCCCCC)C(COP(=O)([O-])OCC[N+](C)(C)C)NC(=O)CCCCC/C=C\CCCCCCCC. The molecule has 0 aromatic carbocycles. The minimum Gasteiger partial charge on any atom is -0.756 e. The van der Waals surface area contributed by atoms with Crippen LogP contribution in [0.15, 0.2) is 97.2 Å². The zero-order chi connectivity index (χ0) is 52.2. The Morgan fingerprint density at radius 3 is 1.38 bits per heavy atom. The van der Waals surface area contributed by atoms with Crippen molar-refractivity contribution in [2.75, 3.05) is 40.9 Å². The van der Waals surface area contributed by atoms with E-state index in [1.54, 1.807) is 6.08 Å². The maximum absolute atomic E-state index is 13.4. The van der Waals surface area contributed by atoms with Gasteiger partial charge in [-0.1, -0.05) is 202 Å². The van der Waals surface area contributed by atoms with Crippen LogP contribution in [-0.4, -0.2) is 69.4 Å². The van der Waals surface area contributed by atoms with Crippen molar-refractivity contribution in [1.29, 1.82) is 0 Å². The lowest BCUT2D eigenvalue weighted by Gasteiger charge is -2.30. The maximum Gasteiger partial charge on any atom is 0.306 e. The number of amides is 1. The monoisotopic (exact) mass is 1010 g/mol. The fourth-order valence-corrected chi connectivity index (χ4v) is 8.30. The summed E-state index contributed by atoms with van der Waals surface area (Å²) in [6.45, 7) is 6.65. The smallest absolute Gasteiger partial charge is 0.306 e. The van der Waals surface area contributed by atoms with E-state index in [-0.39, 0.29) is 25.4 Å². The number of esters is 1. The molecule has 0 saturated carbocycles. The minimum atomic E-state index is -4.71. The van der Waals surface area contributed by atoms with Crippen LogP contribution in [0.3, 0.4) is 0 Å². The Hall–Kier alpha value is -3.07. The molecule has 0 spiro atoms. The largest absolute Gasteiger partial charge is 0.756 e. The first-order valence-electron chi connectivity index (χ1n) is 28.5. The number of unbranched alkanes of at least 4 members (excludes halogenated alkanes) is 20. The normalized spacial score (nSPS) is 14.5. The summed E-state index contributed by atoms with van der Waals surface area (Å²) in [6, 6.07) is -0.918. The van der Waals surface area contributed by atoms with Gasteiger partial charge in [0.25, 0.3) is 7.82 Å². The summed E-state index contributed by atoms with van der Waals surface area (Å²) in [5, 5.41) is 2.99. The van der Waals surface area contributed by atoms with Crippen LogP contribution >= 0.6 is 7.82 Å². The fraction of sp³-hybridized carbons (Fsp3) is 0.705. The molecule has 0 aromatic rings. The third-order valence-electron chi connectivity index (χ3n) is 12.0. The maximum atomic E-state index is 13.4. The molecule has 0 aliphatic rings. The summed E-state index contributed by atoms with van der Waals surface area (Å²) in [6.07, 6.45) is 66.6. The molecule has 71 heavy (non-hydrogen) atoms. The lowest BCUT2D eigenvalue weighted by molar-refractivity contribution is -0.870. The highest BCUT2D eigenvalue weighted by molar-refractivity contribution is 7.45. The van der Waals surface area contributed by atoms with Crippen LogP contribution in [0, 0.1) is 0 Å². The van der Waals surface area contributed by atoms with Gasteiger partial charge in [0.2, 0.25) is 5.91 Å². The molecule has 0 aliphatic heterocycles. The van der Waals surface area contributed by atoms with Crippen molar-refractivity contribution >= 4 is 19.7 Å². The van der Waals surface area contributed by atoms with Crippen molar-refractivity contribution in [3.8, 4) is 0 Å². The lowest BCUT2D eigenvalue weighted by Crippen LogP contribution is -2.47. The molecule has 0 bridgehead atoms. The molecule has 10 heteroatoms. The Morgan fingerprint density at radius 2 is 0.901 bits per heavy atom. The third kappa shape index (κ3) is 51.6. The Kier molecular flexibility index (Phi) is 48.3. The molecule has 0 aromatic heterocycles. The first kappa shape index (κ1) is 67.9. The molecular formula is C61H107N2O7P. The van der Waals surface area contributed by atoms with Crippen molar-refractivity contribution in [3.63, 3.8) is 0 Å². The van der Waals surface area contributed by atoms with Gasteiger partial charge in [0.05, 0.1) is 33.8 Å². The summed E-state index contributed by atoms with van der Waals surface area (Å²) in [4.78, 5) is 39.8. The number of carbonyl (C=O) groups excluding carboxylic acids is 2. The molecule has 408 valence electrons. The van der Waals surface area contributed by atoms with E-state index in [2.05, 4.69) is 111 Å². The Balaban J connectivity index is 5.40. The molecular weight excluding hydrogens is 904 g/mol. The van der Waals surface area contributed by atoms with Gasteiger partial charge in [-0.05, 0) is 109 Å². The van der Waals surface area contributed by atoms with Gasteiger partial charge >= 0.3 is 5.97 Å². The van der Waals surface area contributed by atoms with Gasteiger partial charge in [0.1, 0.15) is 19.3 Å². The zero-order valence-electron chi connectivity index (χ0n) is 46.4. The van der Waals surface area contributed by atoms with E-state index >= 15 is 0 Å². The van der Waals surface area contributed by atoms with Gasteiger partial charge < -0.3 is 28.5 Å². The molecule has 1 N–H and O–H groups in total. The quantitative estimate of drug-likeness (QED) is 0.0212. The van der Waals surface area contributed by atoms with Crippen molar-refractivity contribution in [3.05, 3.63) is 97.2 Å². The van der Waals surface area contributed by atoms with Crippen LogP contribution in [0.25, 0.3) is 0 Å². The number of rotatable bonds is 50. The lowest BCUT2D eigenvalue weighted by atomic mass is 10.1. The Morgan fingerprint density at radius 1 is 0.507 bits per heavy atom. The number of likely N-dealkylation sites (N-methyl/N-ethyl adjacent to an activating group) is 1. The number of nitrogens with zero attached hydrogens (tertiary/aromatic N) is 1. The van der Waals surface area contributed by atoms with Crippen LogP contribution in [0.5, 0.6) is 0 Å². The molecule has 0 aliphatic carbocycles. The molecule has 0 heterocycles. The molecule has 1 amide bonds. The van der Waals surface area contributed by atoms with Crippen molar-refractivity contribution in [2.24, 2.45) is 0 Å². The highest BCUT2D eigenvalue weighted by Gasteiger charge is 2.27. The summed E-state index contributed by atoms with van der Waals surface area (Å²) in [5.41, 5.74) is 0. The van der Waals surface area contributed by atoms with Gasteiger partial charge in [-0.15, -0.1) is 0 Å². The Bertz CT molecular complexity index is 1540. The number of phosphoric acid groups is 1. The molecule has 0 saturated heterocycles. The summed E-state index contributed by atoms with van der Waals surface area (Å²) in [5.74, 6) is -0.618. The fourth-order valence-electron chi connectivity index (χ4n) is 7.58. The number of carbonyl (C=O) groups is 2. The van der Waals surface area contributed by atoms with E-state index in [0.29, 0.717) is 23.9 Å². The average molecular weight is 1010 g/mol. The topological polar surface area (TPSA) is 114 Å². The second kappa shape index (κ2) is 50.5. The Labute approximate surface area is 437 Å². The van der Waals surface area contributed by atoms with Gasteiger partial charge in [-0.3, -0.25) is 14.2 Å². The number of allylic oxidation sites excluding steroid dienone is 15. The predicted octanol–water partition coefficient (Wildman–Crippen LogP) is 16.6. The molecule has 3 atom stereocenters. The first-order chi connectivity index (χ1) is 34.4. The number of nitrogens with one attached hydrogen (secondary N) is 1. The summed E-state index contributed by atoms with van der Waals surface area (Å²) >= 11 is 0. The van der Waals surface area contributed by atoms with Gasteiger partial charge in [0, 0.05) is 12.8 Å². The standard InChI is InChI=1S/C61H107N2O7P/c1-7-10-13-16-19-22-25-27-28-29-30-31-32-33-34-36-39-42-45-48-51-54-61(65)70-59(52-49-46-43-40-37-24-21-18-15-12-9-3)58(57-69-71(66,67)68-56-55-63(4,5)6)62-60(64)53-50-47-44-41-38-35-26-23-20-17-14-11-8-2/h10,13,19,22,27-28,30-31,33-35,38-39,42,49,52,58-59H,7-9,11-12,14-18,20-21,23-26,29,32,36-37,40-41,43-48,50-51,53-57H2,1-6H3,(H-,62,64,66,67)/b13-10-,22-19-,28-27-,31-30-,34-33-,38-35-,42-39-,52-49-. The second-order valence-electron chi connectivity index (χ2n) is 20.1. The third-order valence-corrected chi connectivity index (χ3v) is 13.0. The molecule has 9 nitrogen and oxygen atoms in total. The van der Waals surface area contributed by atoms with Crippen molar-refractivity contribution in [2.45, 2.75) is 238 Å². The van der Waals surface area contributed by atoms with E-state index < -0.39 is 32.5 Å².